The van der Waals surface area contributed by atoms with E-state index < -0.39 is 6.04 Å². The van der Waals surface area contributed by atoms with Crippen LogP contribution in [0.25, 0.3) is 0 Å². The zero-order valence-electron chi connectivity index (χ0n) is 17.6. The summed E-state index contributed by atoms with van der Waals surface area (Å²) in [6.07, 6.45) is 3.45. The fourth-order valence-electron chi connectivity index (χ4n) is 3.17. The van der Waals surface area contributed by atoms with Crippen LogP contribution in [0.4, 0.5) is 4.39 Å². The molecule has 0 spiro atoms. The Morgan fingerprint density at radius 2 is 1.97 bits per heavy atom. The van der Waals surface area contributed by atoms with Crippen molar-refractivity contribution < 1.29 is 18.7 Å². The van der Waals surface area contributed by atoms with E-state index in [1.807, 2.05) is 11.6 Å². The third-order valence-electron chi connectivity index (χ3n) is 4.80. The van der Waals surface area contributed by atoms with Crippen molar-refractivity contribution in [3.05, 3.63) is 83.2 Å². The molecule has 1 heterocycles. The minimum atomic E-state index is -0.496. The molecule has 0 bridgehead atoms. The third kappa shape index (κ3) is 5.73. The van der Waals surface area contributed by atoms with Gasteiger partial charge in [0.25, 0.3) is 0 Å². The van der Waals surface area contributed by atoms with E-state index >= 15 is 0 Å². The van der Waals surface area contributed by atoms with Gasteiger partial charge in [-0.2, -0.15) is 0 Å². The van der Waals surface area contributed by atoms with Crippen LogP contribution in [0, 0.1) is 5.82 Å². The molecule has 0 saturated heterocycles. The Balaban J connectivity index is 1.68. The van der Waals surface area contributed by atoms with Crippen LogP contribution >= 0.6 is 11.8 Å². The van der Waals surface area contributed by atoms with Gasteiger partial charge in [-0.1, -0.05) is 12.1 Å². The summed E-state index contributed by atoms with van der Waals surface area (Å²) in [6.45, 7) is 1.51. The van der Waals surface area contributed by atoms with Crippen molar-refractivity contribution in [1.29, 1.82) is 0 Å². The van der Waals surface area contributed by atoms with Crippen LogP contribution in [0.5, 0.6) is 5.75 Å². The van der Waals surface area contributed by atoms with Gasteiger partial charge >= 0.3 is 0 Å². The first-order valence-corrected chi connectivity index (χ1v) is 10.8. The number of halogens is 1. The number of Topliss-reactive ketones (excluding diaryl/α,β-unsaturated/α-hetero) is 1. The number of carbonyl (C=O) groups is 2. The van der Waals surface area contributed by atoms with Gasteiger partial charge in [0.1, 0.15) is 23.4 Å². The van der Waals surface area contributed by atoms with Gasteiger partial charge in [0.2, 0.25) is 5.91 Å². The molecule has 1 aromatic heterocycles. The fourth-order valence-corrected chi connectivity index (χ4v) is 3.99. The highest BCUT2D eigenvalue weighted by molar-refractivity contribution is 7.99. The van der Waals surface area contributed by atoms with E-state index in [2.05, 4.69) is 10.3 Å². The lowest BCUT2D eigenvalue weighted by molar-refractivity contribution is -0.119. The highest BCUT2D eigenvalue weighted by atomic mass is 32.2. The van der Waals surface area contributed by atoms with Gasteiger partial charge in [0.15, 0.2) is 5.78 Å². The largest absolute Gasteiger partial charge is 0.496 e. The lowest BCUT2D eigenvalue weighted by Crippen LogP contribution is -2.32. The summed E-state index contributed by atoms with van der Waals surface area (Å²) in [5.74, 6) is 1.51. The number of carbonyl (C=O) groups excluding carboxylic acids is 2. The molecule has 3 aromatic rings. The molecular formula is C23H24FN3O3S. The summed E-state index contributed by atoms with van der Waals surface area (Å²) >= 11 is 1.41. The SMILES string of the molecule is COc1ccc(C(C)=O)cc1CSCC(=O)NC(c1ccc(F)cc1)c1nccn1C. The van der Waals surface area contributed by atoms with Crippen molar-refractivity contribution >= 4 is 23.5 Å². The van der Waals surface area contributed by atoms with Crippen molar-refractivity contribution in [1.82, 2.24) is 14.9 Å². The molecule has 6 nitrogen and oxygen atoms in total. The van der Waals surface area contributed by atoms with E-state index in [-0.39, 0.29) is 23.3 Å². The number of hydrogen-bond donors (Lipinski definition) is 1. The third-order valence-corrected chi connectivity index (χ3v) is 5.78. The number of thioether (sulfide) groups is 1. The second-order valence-electron chi connectivity index (χ2n) is 7.02. The number of benzene rings is 2. The Bertz CT molecular complexity index is 1070. The van der Waals surface area contributed by atoms with Crippen molar-refractivity contribution in [2.24, 2.45) is 7.05 Å². The molecule has 3 rings (SSSR count). The highest BCUT2D eigenvalue weighted by Crippen LogP contribution is 2.25. The predicted molar refractivity (Wildman–Crippen MR) is 119 cm³/mol. The maximum Gasteiger partial charge on any atom is 0.230 e. The van der Waals surface area contributed by atoms with Gasteiger partial charge < -0.3 is 14.6 Å². The van der Waals surface area contributed by atoms with Crippen LogP contribution in [-0.4, -0.2) is 34.1 Å². The molecule has 0 aliphatic carbocycles. The summed E-state index contributed by atoms with van der Waals surface area (Å²) in [4.78, 5) is 28.7. The molecule has 162 valence electrons. The number of aromatic nitrogens is 2. The smallest absolute Gasteiger partial charge is 0.230 e. The van der Waals surface area contributed by atoms with Gasteiger partial charge in [0.05, 0.1) is 12.9 Å². The number of ether oxygens (including phenoxy) is 1. The molecule has 1 N–H and O–H groups in total. The number of hydrogen-bond acceptors (Lipinski definition) is 5. The van der Waals surface area contributed by atoms with Gasteiger partial charge in [-0.05, 0) is 42.8 Å². The lowest BCUT2D eigenvalue weighted by Gasteiger charge is -2.19. The van der Waals surface area contributed by atoms with Gasteiger partial charge in [-0.25, -0.2) is 9.37 Å². The van der Waals surface area contributed by atoms with Crippen LogP contribution in [0.3, 0.4) is 0 Å². The number of aryl methyl sites for hydroxylation is 1. The van der Waals surface area contributed by atoms with Crippen LogP contribution in [0.15, 0.2) is 54.9 Å². The van der Waals surface area contributed by atoms with Gasteiger partial charge in [-0.15, -0.1) is 11.8 Å². The van der Waals surface area contributed by atoms with Crippen molar-refractivity contribution in [2.75, 3.05) is 12.9 Å². The van der Waals surface area contributed by atoms with Crippen LogP contribution < -0.4 is 10.1 Å². The first-order valence-electron chi connectivity index (χ1n) is 9.66. The van der Waals surface area contributed by atoms with Crippen LogP contribution in [0.1, 0.15) is 40.3 Å². The average Bonchev–Trinajstić information content (AvgIpc) is 3.18. The van der Waals surface area contributed by atoms with E-state index in [0.29, 0.717) is 22.9 Å². The number of rotatable bonds is 9. The summed E-state index contributed by atoms with van der Waals surface area (Å²) in [5, 5.41) is 2.99. The molecule has 8 heteroatoms. The number of methoxy groups -OCH3 is 1. The highest BCUT2D eigenvalue weighted by Gasteiger charge is 2.21. The van der Waals surface area contributed by atoms with Gasteiger partial charge in [-0.3, -0.25) is 9.59 Å². The molecule has 0 fully saturated rings. The van der Waals surface area contributed by atoms with E-state index in [1.54, 1.807) is 49.8 Å². The second-order valence-corrected chi connectivity index (χ2v) is 8.01. The fraction of sp³-hybridized carbons (Fsp3) is 0.261. The Kier molecular flexibility index (Phi) is 7.46. The first kappa shape index (κ1) is 22.6. The Morgan fingerprint density at radius 1 is 1.23 bits per heavy atom. The molecule has 0 aliphatic heterocycles. The van der Waals surface area contributed by atoms with Crippen molar-refractivity contribution in [3.8, 4) is 5.75 Å². The standard InChI is InChI=1S/C23H24FN3O3S/c1-15(28)17-6-9-20(30-3)18(12-17)13-31-14-21(29)26-22(23-25-10-11-27(23)2)16-4-7-19(24)8-5-16/h4-12,22H,13-14H2,1-3H3,(H,26,29). The number of imidazole rings is 1. The van der Waals surface area contributed by atoms with E-state index in [4.69, 9.17) is 4.74 Å². The molecule has 1 atom stereocenters. The molecule has 0 saturated carbocycles. The number of nitrogens with zero attached hydrogens (tertiary/aromatic N) is 2. The number of nitrogens with one attached hydrogen (secondary N) is 1. The predicted octanol–water partition coefficient (Wildman–Crippen LogP) is 3.91. The van der Waals surface area contributed by atoms with Crippen molar-refractivity contribution in [2.45, 2.75) is 18.7 Å². The quantitative estimate of drug-likeness (QED) is 0.510. The van der Waals surface area contributed by atoms with E-state index in [0.717, 1.165) is 11.1 Å². The zero-order chi connectivity index (χ0) is 22.4. The van der Waals surface area contributed by atoms with Gasteiger partial charge in [0, 0.05) is 36.3 Å². The maximum absolute atomic E-state index is 13.4. The topological polar surface area (TPSA) is 73.2 Å². The Labute approximate surface area is 184 Å². The van der Waals surface area contributed by atoms with E-state index in [1.165, 1.54) is 30.8 Å². The van der Waals surface area contributed by atoms with Crippen molar-refractivity contribution in [3.63, 3.8) is 0 Å². The minimum Gasteiger partial charge on any atom is -0.496 e. The molecule has 0 aliphatic rings. The lowest BCUT2D eigenvalue weighted by atomic mass is 10.1. The molecular weight excluding hydrogens is 417 g/mol. The minimum absolute atomic E-state index is 0.0242. The van der Waals surface area contributed by atoms with E-state index in [9.17, 15) is 14.0 Å². The summed E-state index contributed by atoms with van der Waals surface area (Å²) in [6, 6.07) is 10.8. The molecule has 0 radical (unpaired) electrons. The Hall–Kier alpha value is -3.13. The van der Waals surface area contributed by atoms with Crippen LogP contribution in [0.2, 0.25) is 0 Å². The summed E-state index contributed by atoms with van der Waals surface area (Å²) in [7, 11) is 3.41. The molecule has 31 heavy (non-hydrogen) atoms. The summed E-state index contributed by atoms with van der Waals surface area (Å²) in [5.41, 5.74) is 2.20. The average molecular weight is 442 g/mol. The number of amides is 1. The second kappa shape index (κ2) is 10.3. The van der Waals surface area contributed by atoms with Crippen LogP contribution in [-0.2, 0) is 17.6 Å². The normalized spacial score (nSPS) is 11.7. The zero-order valence-corrected chi connectivity index (χ0v) is 18.4. The molecule has 2 aromatic carbocycles. The Morgan fingerprint density at radius 3 is 2.58 bits per heavy atom. The monoisotopic (exact) mass is 441 g/mol. The number of ketones is 1. The summed E-state index contributed by atoms with van der Waals surface area (Å²) < 4.78 is 20.5. The molecule has 1 unspecified atom stereocenters. The maximum atomic E-state index is 13.4. The molecule has 1 amide bonds. The first-order chi connectivity index (χ1) is 14.9.